The molecule has 0 atom stereocenters. The molecule has 0 bridgehead atoms. The number of hydrogen-bond acceptors (Lipinski definition) is 5. The van der Waals surface area contributed by atoms with E-state index in [2.05, 4.69) is 14.8 Å². The zero-order valence-corrected chi connectivity index (χ0v) is 6.62. The summed E-state index contributed by atoms with van der Waals surface area (Å²) in [5.74, 6) is 0. The van der Waals surface area contributed by atoms with Gasteiger partial charge in [0.05, 0.1) is 13.2 Å². The lowest BCUT2D eigenvalue weighted by Gasteiger charge is -2.00. The van der Waals surface area contributed by atoms with E-state index in [-0.39, 0.29) is 0 Å². The van der Waals surface area contributed by atoms with Gasteiger partial charge in [0.25, 0.3) is 0 Å². The predicted octanol–water partition coefficient (Wildman–Crippen LogP) is -0.436. The SMILES string of the molecule is NCCCOOOCCCN. The molecule has 0 saturated carbocycles. The predicted molar refractivity (Wildman–Crippen MR) is 40.3 cm³/mol. The maximum absolute atomic E-state index is 5.20. The number of nitrogens with two attached hydrogens (primary N) is 2. The molecule has 0 fully saturated rings. The molecule has 0 aromatic rings. The summed E-state index contributed by atoms with van der Waals surface area (Å²) < 4.78 is 0. The molecule has 0 saturated heterocycles. The van der Waals surface area contributed by atoms with Gasteiger partial charge in [0.2, 0.25) is 0 Å². The van der Waals surface area contributed by atoms with E-state index in [1.165, 1.54) is 0 Å². The maximum Gasteiger partial charge on any atom is 0.0865 e. The van der Waals surface area contributed by atoms with E-state index < -0.39 is 0 Å². The van der Waals surface area contributed by atoms with Gasteiger partial charge in [-0.15, -0.1) is 0 Å². The number of rotatable bonds is 8. The van der Waals surface area contributed by atoms with Gasteiger partial charge in [-0.2, -0.15) is 0 Å². The summed E-state index contributed by atoms with van der Waals surface area (Å²) in [5.41, 5.74) is 10.4. The van der Waals surface area contributed by atoms with Crippen LogP contribution < -0.4 is 11.5 Å². The van der Waals surface area contributed by atoms with Gasteiger partial charge in [0, 0.05) is 0 Å². The van der Waals surface area contributed by atoms with Crippen LogP contribution in [0.1, 0.15) is 12.8 Å². The molecule has 0 heterocycles. The molecule has 0 aromatic heterocycles. The van der Waals surface area contributed by atoms with Crippen LogP contribution in [0.25, 0.3) is 0 Å². The lowest BCUT2D eigenvalue weighted by molar-refractivity contribution is -0.512. The molecule has 68 valence electrons. The van der Waals surface area contributed by atoms with Crippen LogP contribution in [0.3, 0.4) is 0 Å². The van der Waals surface area contributed by atoms with Crippen molar-refractivity contribution in [3.63, 3.8) is 0 Å². The fourth-order valence-corrected chi connectivity index (χ4v) is 0.387. The largest absolute Gasteiger partial charge is 0.330 e. The lowest BCUT2D eigenvalue weighted by atomic mass is 10.5. The molecule has 0 aliphatic carbocycles. The van der Waals surface area contributed by atoms with Crippen LogP contribution in [0.4, 0.5) is 0 Å². The molecule has 5 nitrogen and oxygen atoms in total. The summed E-state index contributed by atoms with van der Waals surface area (Å²) in [4.78, 5) is 9.16. The summed E-state index contributed by atoms with van der Waals surface area (Å²) >= 11 is 0. The smallest absolute Gasteiger partial charge is 0.0865 e. The highest BCUT2D eigenvalue weighted by atomic mass is 17.5. The third-order valence-corrected chi connectivity index (χ3v) is 0.960. The summed E-state index contributed by atoms with van der Waals surface area (Å²) in [6, 6.07) is 0. The third kappa shape index (κ3) is 9.80. The van der Waals surface area contributed by atoms with Crippen molar-refractivity contribution in [1.82, 2.24) is 0 Å². The molecule has 0 radical (unpaired) electrons. The molecule has 0 amide bonds. The summed E-state index contributed by atoms with van der Waals surface area (Å²) in [7, 11) is 0. The normalized spacial score (nSPS) is 10.4. The van der Waals surface area contributed by atoms with E-state index in [0.717, 1.165) is 12.8 Å². The lowest BCUT2D eigenvalue weighted by Crippen LogP contribution is -2.07. The Morgan fingerprint density at radius 3 is 1.64 bits per heavy atom. The molecular formula is C6H16N2O3. The van der Waals surface area contributed by atoms with Crippen LogP contribution in [0.5, 0.6) is 0 Å². The first kappa shape index (κ1) is 10.8. The maximum atomic E-state index is 5.20. The van der Waals surface area contributed by atoms with Gasteiger partial charge < -0.3 is 11.5 Å². The van der Waals surface area contributed by atoms with Crippen LogP contribution in [0, 0.1) is 0 Å². The minimum Gasteiger partial charge on any atom is -0.330 e. The van der Waals surface area contributed by atoms with E-state index in [1.54, 1.807) is 0 Å². The Morgan fingerprint density at radius 2 is 1.27 bits per heavy atom. The highest BCUT2D eigenvalue weighted by molar-refractivity contribution is 4.31. The monoisotopic (exact) mass is 164 g/mol. The minimum absolute atomic E-state index is 0.457. The van der Waals surface area contributed by atoms with Crippen molar-refractivity contribution in [2.75, 3.05) is 26.3 Å². The highest BCUT2D eigenvalue weighted by Gasteiger charge is 1.88. The van der Waals surface area contributed by atoms with Crippen LogP contribution in [0.15, 0.2) is 0 Å². The summed E-state index contributed by atoms with van der Waals surface area (Å²) in [6.45, 7) is 2.09. The molecule has 0 aromatic carbocycles. The molecule has 0 spiro atoms. The van der Waals surface area contributed by atoms with Crippen LogP contribution in [-0.2, 0) is 14.8 Å². The quantitative estimate of drug-likeness (QED) is 0.289. The van der Waals surface area contributed by atoms with Gasteiger partial charge >= 0.3 is 0 Å². The summed E-state index contributed by atoms with van der Waals surface area (Å²) in [6.07, 6.45) is 1.53. The Morgan fingerprint density at radius 1 is 0.818 bits per heavy atom. The Kier molecular flexibility index (Phi) is 9.62. The molecule has 5 heteroatoms. The second-order valence-corrected chi connectivity index (χ2v) is 2.00. The van der Waals surface area contributed by atoms with E-state index >= 15 is 0 Å². The van der Waals surface area contributed by atoms with Crippen molar-refractivity contribution in [3.8, 4) is 0 Å². The average Bonchev–Trinajstić information content (AvgIpc) is 2.03. The van der Waals surface area contributed by atoms with Crippen molar-refractivity contribution in [2.45, 2.75) is 12.8 Å². The first-order valence-electron chi connectivity index (χ1n) is 3.73. The standard InChI is InChI=1S/C6H16N2O3/c7-3-1-5-9-11-10-6-2-4-8/h1-8H2. The second kappa shape index (κ2) is 9.80. The Hall–Kier alpha value is -0.200. The van der Waals surface area contributed by atoms with Gasteiger partial charge in [-0.25, -0.2) is 9.78 Å². The van der Waals surface area contributed by atoms with Gasteiger partial charge in [-0.1, -0.05) is 5.04 Å². The van der Waals surface area contributed by atoms with Gasteiger partial charge in [0.1, 0.15) is 0 Å². The van der Waals surface area contributed by atoms with Crippen molar-refractivity contribution in [2.24, 2.45) is 11.5 Å². The van der Waals surface area contributed by atoms with Crippen molar-refractivity contribution in [3.05, 3.63) is 0 Å². The molecular weight excluding hydrogens is 148 g/mol. The van der Waals surface area contributed by atoms with E-state index in [1.807, 2.05) is 0 Å². The Bertz CT molecular complexity index is 64.8. The topological polar surface area (TPSA) is 79.7 Å². The van der Waals surface area contributed by atoms with E-state index in [9.17, 15) is 0 Å². The number of hydrogen-bond donors (Lipinski definition) is 2. The first-order valence-corrected chi connectivity index (χ1v) is 3.73. The van der Waals surface area contributed by atoms with Crippen molar-refractivity contribution in [1.29, 1.82) is 0 Å². The van der Waals surface area contributed by atoms with Crippen molar-refractivity contribution < 1.29 is 14.8 Å². The van der Waals surface area contributed by atoms with Crippen molar-refractivity contribution >= 4 is 0 Å². The fourth-order valence-electron chi connectivity index (χ4n) is 0.387. The summed E-state index contributed by atoms with van der Waals surface area (Å²) in [5, 5.41) is 4.33. The Labute approximate surface area is 66.4 Å². The van der Waals surface area contributed by atoms with Crippen LogP contribution >= 0.6 is 0 Å². The van der Waals surface area contributed by atoms with Gasteiger partial charge in [0.15, 0.2) is 0 Å². The third-order valence-electron chi connectivity index (χ3n) is 0.960. The van der Waals surface area contributed by atoms with Gasteiger partial charge in [-0.3, -0.25) is 0 Å². The van der Waals surface area contributed by atoms with Crippen LogP contribution in [0.2, 0.25) is 0 Å². The van der Waals surface area contributed by atoms with E-state index in [4.69, 9.17) is 11.5 Å². The first-order chi connectivity index (χ1) is 5.41. The molecule has 4 N–H and O–H groups in total. The molecule has 0 aliphatic rings. The zero-order chi connectivity index (χ0) is 8.36. The fraction of sp³-hybridized carbons (Fsp3) is 1.00. The second-order valence-electron chi connectivity index (χ2n) is 2.00. The molecule has 0 aliphatic heterocycles. The zero-order valence-electron chi connectivity index (χ0n) is 6.62. The molecule has 0 unspecified atom stereocenters. The minimum atomic E-state index is 0.457. The van der Waals surface area contributed by atoms with E-state index in [0.29, 0.717) is 26.3 Å². The highest BCUT2D eigenvalue weighted by Crippen LogP contribution is 1.85. The van der Waals surface area contributed by atoms with Gasteiger partial charge in [-0.05, 0) is 25.9 Å². The Balaban J connectivity index is 2.69. The van der Waals surface area contributed by atoms with Crippen LogP contribution in [-0.4, -0.2) is 26.3 Å². The molecule has 0 rings (SSSR count). The average molecular weight is 164 g/mol. The molecule has 11 heavy (non-hydrogen) atoms.